The molecular weight excluding hydrogens is 270 g/mol. The van der Waals surface area contributed by atoms with Crippen LogP contribution in [0.25, 0.3) is 0 Å². The van der Waals surface area contributed by atoms with Crippen LogP contribution in [0, 0.1) is 5.92 Å². The molecule has 0 aromatic rings. The highest BCUT2D eigenvalue weighted by atomic mass is 79.9. The first-order valence-corrected chi connectivity index (χ1v) is 7.29. The van der Waals surface area contributed by atoms with E-state index in [4.69, 9.17) is 4.74 Å². The number of hydrogen-bond acceptors (Lipinski definition) is 2. The van der Waals surface area contributed by atoms with Crippen molar-refractivity contribution < 1.29 is 9.53 Å². The maximum atomic E-state index is 11.7. The number of amides is 1. The number of unbranched alkanes of at least 4 members (excludes halogenated alkanes) is 1. The summed E-state index contributed by atoms with van der Waals surface area (Å²) in [6.07, 6.45) is 4.21. The predicted molar refractivity (Wildman–Crippen MR) is 70.9 cm³/mol. The molecule has 1 N–H and O–H groups in total. The standard InChI is InChI=1S/C12H24BrNO2/c1-3-5-6-11(4-2)12(15)14-8-10-16-9-7-13/h11H,3-10H2,1-2H3,(H,14,15). The van der Waals surface area contributed by atoms with E-state index in [1.54, 1.807) is 0 Å². The molecule has 0 saturated heterocycles. The summed E-state index contributed by atoms with van der Waals surface area (Å²) >= 11 is 3.28. The largest absolute Gasteiger partial charge is 0.379 e. The van der Waals surface area contributed by atoms with Crippen molar-refractivity contribution in [2.24, 2.45) is 5.92 Å². The molecule has 0 saturated carbocycles. The van der Waals surface area contributed by atoms with E-state index in [2.05, 4.69) is 35.1 Å². The minimum absolute atomic E-state index is 0.177. The molecule has 0 aliphatic rings. The SMILES string of the molecule is CCCCC(CC)C(=O)NCCOCCBr. The molecular formula is C12H24BrNO2. The Kier molecular flexibility index (Phi) is 11.3. The first-order chi connectivity index (χ1) is 7.76. The Morgan fingerprint density at radius 1 is 1.38 bits per heavy atom. The fourth-order valence-corrected chi connectivity index (χ4v) is 1.75. The molecule has 1 amide bonds. The summed E-state index contributed by atoms with van der Waals surface area (Å²) in [7, 11) is 0. The Balaban J connectivity index is 3.58. The fourth-order valence-electron chi connectivity index (χ4n) is 1.52. The average molecular weight is 294 g/mol. The van der Waals surface area contributed by atoms with E-state index in [0.717, 1.165) is 31.0 Å². The van der Waals surface area contributed by atoms with E-state index in [1.165, 1.54) is 0 Å². The van der Waals surface area contributed by atoms with Crippen molar-refractivity contribution in [3.8, 4) is 0 Å². The molecule has 0 aromatic heterocycles. The maximum Gasteiger partial charge on any atom is 0.223 e. The van der Waals surface area contributed by atoms with Crippen molar-refractivity contribution in [2.75, 3.05) is 25.1 Å². The Labute approximate surface area is 107 Å². The van der Waals surface area contributed by atoms with Crippen molar-refractivity contribution in [1.29, 1.82) is 0 Å². The number of ether oxygens (including phenoxy) is 1. The minimum Gasteiger partial charge on any atom is -0.379 e. The Morgan fingerprint density at radius 2 is 2.12 bits per heavy atom. The molecule has 0 aromatic carbocycles. The molecule has 0 fully saturated rings. The number of carbonyl (C=O) groups excluding carboxylic acids is 1. The van der Waals surface area contributed by atoms with Crippen LogP contribution < -0.4 is 5.32 Å². The first-order valence-electron chi connectivity index (χ1n) is 6.17. The number of halogens is 1. The molecule has 0 bridgehead atoms. The number of rotatable bonds is 10. The van der Waals surface area contributed by atoms with Gasteiger partial charge in [-0.05, 0) is 12.8 Å². The quantitative estimate of drug-likeness (QED) is 0.497. The lowest BCUT2D eigenvalue weighted by molar-refractivity contribution is -0.125. The molecule has 0 aliphatic heterocycles. The van der Waals surface area contributed by atoms with Gasteiger partial charge in [0.15, 0.2) is 0 Å². The highest BCUT2D eigenvalue weighted by Gasteiger charge is 2.14. The lowest BCUT2D eigenvalue weighted by atomic mass is 9.98. The van der Waals surface area contributed by atoms with Crippen LogP contribution in [0.4, 0.5) is 0 Å². The van der Waals surface area contributed by atoms with Gasteiger partial charge in [-0.15, -0.1) is 0 Å². The lowest BCUT2D eigenvalue weighted by Crippen LogP contribution is -2.33. The average Bonchev–Trinajstić information content (AvgIpc) is 2.30. The van der Waals surface area contributed by atoms with Crippen molar-refractivity contribution in [3.05, 3.63) is 0 Å². The molecule has 0 radical (unpaired) electrons. The third-order valence-electron chi connectivity index (χ3n) is 2.54. The van der Waals surface area contributed by atoms with Crippen LogP contribution in [0.2, 0.25) is 0 Å². The molecule has 0 spiro atoms. The van der Waals surface area contributed by atoms with Crippen molar-refractivity contribution in [3.63, 3.8) is 0 Å². The first kappa shape index (κ1) is 15.9. The van der Waals surface area contributed by atoms with Crippen LogP contribution in [0.5, 0.6) is 0 Å². The smallest absolute Gasteiger partial charge is 0.223 e. The topological polar surface area (TPSA) is 38.3 Å². The van der Waals surface area contributed by atoms with Crippen LogP contribution in [-0.4, -0.2) is 31.0 Å². The Hall–Kier alpha value is -0.0900. The van der Waals surface area contributed by atoms with Crippen molar-refractivity contribution >= 4 is 21.8 Å². The molecule has 96 valence electrons. The van der Waals surface area contributed by atoms with Gasteiger partial charge in [0, 0.05) is 17.8 Å². The van der Waals surface area contributed by atoms with E-state index < -0.39 is 0 Å². The summed E-state index contributed by atoms with van der Waals surface area (Å²) in [4.78, 5) is 11.7. The molecule has 0 aliphatic carbocycles. The van der Waals surface area contributed by atoms with Gasteiger partial charge in [0.1, 0.15) is 0 Å². The van der Waals surface area contributed by atoms with Gasteiger partial charge in [0.25, 0.3) is 0 Å². The molecule has 1 atom stereocenters. The molecule has 1 unspecified atom stereocenters. The highest BCUT2D eigenvalue weighted by molar-refractivity contribution is 9.09. The summed E-state index contributed by atoms with van der Waals surface area (Å²) in [6.45, 7) is 6.14. The Bertz CT molecular complexity index is 176. The number of alkyl halides is 1. The third kappa shape index (κ3) is 8.11. The van der Waals surface area contributed by atoms with Crippen molar-refractivity contribution in [1.82, 2.24) is 5.32 Å². The zero-order valence-electron chi connectivity index (χ0n) is 10.4. The second-order valence-electron chi connectivity index (χ2n) is 3.84. The normalized spacial score (nSPS) is 12.4. The molecule has 16 heavy (non-hydrogen) atoms. The van der Waals surface area contributed by atoms with Gasteiger partial charge < -0.3 is 10.1 Å². The number of hydrogen-bond donors (Lipinski definition) is 1. The second kappa shape index (κ2) is 11.4. The lowest BCUT2D eigenvalue weighted by Gasteiger charge is -2.14. The van der Waals surface area contributed by atoms with Crippen molar-refractivity contribution in [2.45, 2.75) is 39.5 Å². The monoisotopic (exact) mass is 293 g/mol. The summed E-state index contributed by atoms with van der Waals surface area (Å²) in [5.74, 6) is 0.356. The fraction of sp³-hybridized carbons (Fsp3) is 0.917. The van der Waals surface area contributed by atoms with E-state index in [-0.39, 0.29) is 11.8 Å². The van der Waals surface area contributed by atoms with Crippen LogP contribution in [0.3, 0.4) is 0 Å². The molecule has 4 heteroatoms. The van der Waals surface area contributed by atoms with Gasteiger partial charge in [0.2, 0.25) is 5.91 Å². The number of nitrogens with one attached hydrogen (secondary N) is 1. The van der Waals surface area contributed by atoms with Gasteiger partial charge in [-0.3, -0.25) is 4.79 Å². The van der Waals surface area contributed by atoms with Crippen LogP contribution in [0.1, 0.15) is 39.5 Å². The molecule has 3 nitrogen and oxygen atoms in total. The maximum absolute atomic E-state index is 11.7. The van der Waals surface area contributed by atoms with Gasteiger partial charge in [-0.1, -0.05) is 42.6 Å². The van der Waals surface area contributed by atoms with E-state index in [1.807, 2.05) is 0 Å². The van der Waals surface area contributed by atoms with E-state index in [0.29, 0.717) is 19.8 Å². The van der Waals surface area contributed by atoms with Gasteiger partial charge in [0.05, 0.1) is 13.2 Å². The highest BCUT2D eigenvalue weighted by Crippen LogP contribution is 2.12. The summed E-state index contributed by atoms with van der Waals surface area (Å²) in [6, 6.07) is 0. The zero-order valence-corrected chi connectivity index (χ0v) is 12.0. The molecule has 0 heterocycles. The second-order valence-corrected chi connectivity index (χ2v) is 4.63. The summed E-state index contributed by atoms with van der Waals surface area (Å²) in [5, 5.41) is 3.76. The van der Waals surface area contributed by atoms with Gasteiger partial charge in [-0.25, -0.2) is 0 Å². The summed E-state index contributed by atoms with van der Waals surface area (Å²) in [5.41, 5.74) is 0. The van der Waals surface area contributed by atoms with E-state index >= 15 is 0 Å². The van der Waals surface area contributed by atoms with Gasteiger partial charge in [-0.2, -0.15) is 0 Å². The van der Waals surface area contributed by atoms with Crippen LogP contribution >= 0.6 is 15.9 Å². The zero-order chi connectivity index (χ0) is 12.2. The summed E-state index contributed by atoms with van der Waals surface area (Å²) < 4.78 is 5.27. The van der Waals surface area contributed by atoms with Crippen LogP contribution in [-0.2, 0) is 9.53 Å². The van der Waals surface area contributed by atoms with E-state index in [9.17, 15) is 4.79 Å². The van der Waals surface area contributed by atoms with Gasteiger partial charge >= 0.3 is 0 Å². The predicted octanol–water partition coefficient (Wildman–Crippen LogP) is 2.73. The van der Waals surface area contributed by atoms with Crippen LogP contribution in [0.15, 0.2) is 0 Å². The third-order valence-corrected chi connectivity index (χ3v) is 2.86. The number of carbonyl (C=O) groups is 1. The minimum atomic E-state index is 0.177. The Morgan fingerprint density at radius 3 is 2.69 bits per heavy atom. The molecule has 0 rings (SSSR count).